The maximum Gasteiger partial charge on any atom is 0.182 e. The fourth-order valence-electron chi connectivity index (χ4n) is 2.54. The van der Waals surface area contributed by atoms with E-state index in [0.29, 0.717) is 36.3 Å². The molecule has 0 aliphatic heterocycles. The second-order valence-electron chi connectivity index (χ2n) is 5.74. The molecule has 0 aliphatic carbocycles. The number of nitrogens with one attached hydrogen (secondary N) is 1. The fraction of sp³-hybridized carbons (Fsp3) is 0.250. The van der Waals surface area contributed by atoms with Crippen molar-refractivity contribution in [3.05, 3.63) is 69.7 Å². The maximum atomic E-state index is 6.49. The highest BCUT2D eigenvalue weighted by molar-refractivity contribution is 7.13. The summed E-state index contributed by atoms with van der Waals surface area (Å²) in [6.45, 7) is 5.62. The number of aryl methyl sites for hydroxylation is 1. The zero-order valence-corrected chi connectivity index (χ0v) is 16.4. The number of halogens is 1. The number of ether oxygens (including phenoxy) is 2. The zero-order valence-electron chi connectivity index (χ0n) is 14.8. The average Bonchev–Trinajstić information content (AvgIpc) is 3.14. The van der Waals surface area contributed by atoms with Gasteiger partial charge in [0, 0.05) is 18.1 Å². The topological polar surface area (TPSA) is 43.4 Å². The molecule has 0 radical (unpaired) electrons. The van der Waals surface area contributed by atoms with E-state index in [1.165, 1.54) is 5.56 Å². The summed E-state index contributed by atoms with van der Waals surface area (Å²) in [7, 11) is 0. The van der Waals surface area contributed by atoms with E-state index in [1.54, 1.807) is 17.5 Å². The van der Waals surface area contributed by atoms with E-state index in [1.807, 2.05) is 36.6 Å². The largest absolute Gasteiger partial charge is 0.490 e. The first kappa shape index (κ1) is 18.5. The molecule has 6 heteroatoms. The highest BCUT2D eigenvalue weighted by Gasteiger charge is 2.13. The number of anilines is 1. The van der Waals surface area contributed by atoms with Crippen molar-refractivity contribution in [2.24, 2.45) is 0 Å². The van der Waals surface area contributed by atoms with Crippen LogP contribution in [-0.2, 0) is 13.2 Å². The lowest BCUT2D eigenvalue weighted by atomic mass is 10.1. The summed E-state index contributed by atoms with van der Waals surface area (Å²) in [4.78, 5) is 4.22. The summed E-state index contributed by atoms with van der Waals surface area (Å²) in [5, 5.41) is 6.62. The molecule has 136 valence electrons. The van der Waals surface area contributed by atoms with Gasteiger partial charge in [-0.25, -0.2) is 4.98 Å². The number of nitrogens with zero attached hydrogens (tertiary/aromatic N) is 1. The van der Waals surface area contributed by atoms with Crippen LogP contribution in [0.4, 0.5) is 5.13 Å². The number of hydrogen-bond acceptors (Lipinski definition) is 5. The predicted octanol–water partition coefficient (Wildman–Crippen LogP) is 5.69. The van der Waals surface area contributed by atoms with Crippen LogP contribution in [-0.4, -0.2) is 11.6 Å². The molecule has 0 amide bonds. The summed E-state index contributed by atoms with van der Waals surface area (Å²) >= 11 is 8.05. The quantitative estimate of drug-likeness (QED) is 0.538. The summed E-state index contributed by atoms with van der Waals surface area (Å²) in [5.74, 6) is 1.24. The van der Waals surface area contributed by atoms with Gasteiger partial charge in [-0.1, -0.05) is 35.9 Å². The van der Waals surface area contributed by atoms with Crippen molar-refractivity contribution in [1.29, 1.82) is 0 Å². The van der Waals surface area contributed by atoms with Gasteiger partial charge in [-0.15, -0.1) is 11.3 Å². The molecule has 3 rings (SSSR count). The first-order valence-corrected chi connectivity index (χ1v) is 9.69. The van der Waals surface area contributed by atoms with Crippen molar-refractivity contribution in [2.75, 3.05) is 11.9 Å². The minimum Gasteiger partial charge on any atom is -0.490 e. The minimum atomic E-state index is 0.448. The molecule has 0 aliphatic rings. The van der Waals surface area contributed by atoms with Crippen molar-refractivity contribution in [1.82, 2.24) is 4.98 Å². The van der Waals surface area contributed by atoms with Gasteiger partial charge in [0.25, 0.3) is 0 Å². The normalized spacial score (nSPS) is 10.6. The SMILES string of the molecule is CCOc1cc(CNc2nccs2)cc(Cl)c1OCc1ccccc1C. The minimum absolute atomic E-state index is 0.448. The summed E-state index contributed by atoms with van der Waals surface area (Å²) < 4.78 is 11.8. The summed E-state index contributed by atoms with van der Waals surface area (Å²) in [6.07, 6.45) is 1.77. The lowest BCUT2D eigenvalue weighted by Crippen LogP contribution is -2.04. The van der Waals surface area contributed by atoms with E-state index < -0.39 is 0 Å². The van der Waals surface area contributed by atoms with Crippen LogP contribution in [0.15, 0.2) is 48.0 Å². The van der Waals surface area contributed by atoms with Gasteiger partial charge in [0.05, 0.1) is 11.6 Å². The standard InChI is InChI=1S/C20H21ClN2O2S/c1-3-24-18-11-15(12-23-20-22-8-9-26-20)10-17(21)19(18)25-13-16-7-5-4-6-14(16)2/h4-11H,3,12-13H2,1-2H3,(H,22,23). The van der Waals surface area contributed by atoms with Crippen LogP contribution in [0.2, 0.25) is 5.02 Å². The van der Waals surface area contributed by atoms with Gasteiger partial charge >= 0.3 is 0 Å². The Hall–Kier alpha value is -2.24. The van der Waals surface area contributed by atoms with Gasteiger partial charge in [-0.3, -0.25) is 0 Å². The van der Waals surface area contributed by atoms with Crippen molar-refractivity contribution in [3.63, 3.8) is 0 Å². The molecule has 0 atom stereocenters. The molecular formula is C20H21ClN2O2S. The van der Waals surface area contributed by atoms with Crippen molar-refractivity contribution >= 4 is 28.1 Å². The van der Waals surface area contributed by atoms with Gasteiger partial charge in [-0.05, 0) is 42.7 Å². The van der Waals surface area contributed by atoms with Gasteiger partial charge in [0.15, 0.2) is 16.6 Å². The van der Waals surface area contributed by atoms with Crippen molar-refractivity contribution < 1.29 is 9.47 Å². The maximum absolute atomic E-state index is 6.49. The zero-order chi connectivity index (χ0) is 18.4. The third-order valence-electron chi connectivity index (χ3n) is 3.88. The van der Waals surface area contributed by atoms with Crippen LogP contribution in [0.5, 0.6) is 11.5 Å². The van der Waals surface area contributed by atoms with E-state index in [9.17, 15) is 0 Å². The third kappa shape index (κ3) is 4.68. The summed E-state index contributed by atoms with van der Waals surface area (Å²) in [6, 6.07) is 12.0. The van der Waals surface area contributed by atoms with E-state index in [0.717, 1.165) is 16.3 Å². The van der Waals surface area contributed by atoms with Crippen LogP contribution >= 0.6 is 22.9 Å². The molecule has 3 aromatic rings. The van der Waals surface area contributed by atoms with Gasteiger partial charge in [0.1, 0.15) is 6.61 Å². The van der Waals surface area contributed by atoms with Crippen LogP contribution in [0.3, 0.4) is 0 Å². The summed E-state index contributed by atoms with van der Waals surface area (Å²) in [5.41, 5.74) is 3.32. The third-order valence-corrected chi connectivity index (χ3v) is 4.89. The first-order chi connectivity index (χ1) is 12.7. The Labute approximate surface area is 162 Å². The molecule has 1 heterocycles. The van der Waals surface area contributed by atoms with Crippen LogP contribution in [0.1, 0.15) is 23.6 Å². The number of thiazole rings is 1. The number of hydrogen-bond donors (Lipinski definition) is 1. The average molecular weight is 389 g/mol. The Kier molecular flexibility index (Phi) is 6.36. The second kappa shape index (κ2) is 8.92. The molecule has 1 N–H and O–H groups in total. The predicted molar refractivity (Wildman–Crippen MR) is 108 cm³/mol. The lowest BCUT2D eigenvalue weighted by Gasteiger charge is -2.16. The molecule has 0 unspecified atom stereocenters. The Morgan fingerprint density at radius 2 is 2.04 bits per heavy atom. The molecule has 4 nitrogen and oxygen atoms in total. The molecule has 1 aromatic heterocycles. The fourth-order valence-corrected chi connectivity index (χ4v) is 3.35. The van der Waals surface area contributed by atoms with Crippen molar-refractivity contribution in [3.8, 4) is 11.5 Å². The number of benzene rings is 2. The molecule has 0 saturated carbocycles. The lowest BCUT2D eigenvalue weighted by molar-refractivity contribution is 0.269. The Balaban J connectivity index is 1.76. The highest BCUT2D eigenvalue weighted by atomic mass is 35.5. The Morgan fingerprint density at radius 3 is 2.77 bits per heavy atom. The van der Waals surface area contributed by atoms with Crippen molar-refractivity contribution in [2.45, 2.75) is 27.0 Å². The van der Waals surface area contributed by atoms with E-state index >= 15 is 0 Å². The van der Waals surface area contributed by atoms with Gasteiger partial charge in [-0.2, -0.15) is 0 Å². The Bertz CT molecular complexity index is 853. The van der Waals surface area contributed by atoms with E-state index in [-0.39, 0.29) is 0 Å². The van der Waals surface area contributed by atoms with Gasteiger partial charge < -0.3 is 14.8 Å². The monoisotopic (exact) mass is 388 g/mol. The van der Waals surface area contributed by atoms with Crippen LogP contribution in [0.25, 0.3) is 0 Å². The van der Waals surface area contributed by atoms with E-state index in [2.05, 4.69) is 29.4 Å². The van der Waals surface area contributed by atoms with Crippen LogP contribution < -0.4 is 14.8 Å². The van der Waals surface area contributed by atoms with Gasteiger partial charge in [0.2, 0.25) is 0 Å². The smallest absolute Gasteiger partial charge is 0.182 e. The van der Waals surface area contributed by atoms with Crippen LogP contribution in [0, 0.1) is 6.92 Å². The molecule has 2 aromatic carbocycles. The molecule has 0 bridgehead atoms. The molecular weight excluding hydrogens is 368 g/mol. The Morgan fingerprint density at radius 1 is 1.19 bits per heavy atom. The first-order valence-electron chi connectivity index (χ1n) is 8.43. The second-order valence-corrected chi connectivity index (χ2v) is 7.05. The molecule has 0 saturated heterocycles. The van der Waals surface area contributed by atoms with E-state index in [4.69, 9.17) is 21.1 Å². The molecule has 0 fully saturated rings. The number of aromatic nitrogens is 1. The molecule has 26 heavy (non-hydrogen) atoms. The highest BCUT2D eigenvalue weighted by Crippen LogP contribution is 2.37. The molecule has 0 spiro atoms. The number of rotatable bonds is 8.